The fourth-order valence-corrected chi connectivity index (χ4v) is 3.44. The molecule has 0 saturated carbocycles. The molecule has 0 bridgehead atoms. The highest BCUT2D eigenvalue weighted by Gasteiger charge is 2.34. The van der Waals surface area contributed by atoms with E-state index in [4.69, 9.17) is 10.5 Å². The molecule has 0 aliphatic carbocycles. The van der Waals surface area contributed by atoms with E-state index in [9.17, 15) is 18.6 Å². The number of sulfonamides is 1. The van der Waals surface area contributed by atoms with E-state index in [-0.39, 0.29) is 17.1 Å². The van der Waals surface area contributed by atoms with E-state index in [0.717, 1.165) is 0 Å². The molecule has 0 spiro atoms. The molecule has 8 heteroatoms. The second-order valence-corrected chi connectivity index (χ2v) is 6.57. The number of ether oxygens (including phenoxy) is 1. The summed E-state index contributed by atoms with van der Waals surface area (Å²) < 4.78 is 32.4. The molecule has 1 aromatic carbocycles. The molecular formula is C13H22N2O5S. The highest BCUT2D eigenvalue weighted by Crippen LogP contribution is 2.29. The number of nitrogen functional groups attached to an aromatic ring is 1. The molecule has 0 fully saturated rings. The number of rotatable bonds is 7. The van der Waals surface area contributed by atoms with Crippen LogP contribution in [0.3, 0.4) is 0 Å². The first kappa shape index (κ1) is 17.7. The lowest BCUT2D eigenvalue weighted by molar-refractivity contribution is 0.105. The van der Waals surface area contributed by atoms with Crippen molar-refractivity contribution in [3.63, 3.8) is 0 Å². The van der Waals surface area contributed by atoms with Crippen LogP contribution < -0.4 is 15.2 Å². The first-order chi connectivity index (χ1) is 9.75. The molecule has 1 aromatic rings. The first-order valence-corrected chi connectivity index (χ1v) is 7.93. The summed E-state index contributed by atoms with van der Waals surface area (Å²) in [7, 11) is -2.65. The van der Waals surface area contributed by atoms with Crippen molar-refractivity contribution in [2.75, 3.05) is 26.1 Å². The van der Waals surface area contributed by atoms with Gasteiger partial charge in [-0.1, -0.05) is 6.92 Å². The number of aliphatic hydroxyl groups excluding tert-OH is 2. The average molecular weight is 318 g/mol. The quantitative estimate of drug-likeness (QED) is 0.525. The Morgan fingerprint density at radius 2 is 1.90 bits per heavy atom. The minimum Gasteiger partial charge on any atom is -0.495 e. The molecular weight excluding hydrogens is 296 g/mol. The van der Waals surface area contributed by atoms with Gasteiger partial charge in [-0.25, -0.2) is 13.1 Å². The Kier molecular flexibility index (Phi) is 5.57. The van der Waals surface area contributed by atoms with Gasteiger partial charge in [0, 0.05) is 5.69 Å². The van der Waals surface area contributed by atoms with Crippen LogP contribution in [-0.2, 0) is 10.0 Å². The summed E-state index contributed by atoms with van der Waals surface area (Å²) >= 11 is 0. The average Bonchev–Trinajstić information content (AvgIpc) is 2.47. The van der Waals surface area contributed by atoms with E-state index in [1.54, 1.807) is 13.8 Å². The molecule has 0 heterocycles. The molecule has 21 heavy (non-hydrogen) atoms. The van der Waals surface area contributed by atoms with Crippen molar-refractivity contribution in [2.24, 2.45) is 0 Å². The van der Waals surface area contributed by atoms with Gasteiger partial charge >= 0.3 is 0 Å². The first-order valence-electron chi connectivity index (χ1n) is 6.45. The van der Waals surface area contributed by atoms with Crippen LogP contribution in [-0.4, -0.2) is 44.5 Å². The zero-order chi connectivity index (χ0) is 16.3. The highest BCUT2D eigenvalue weighted by atomic mass is 32.2. The van der Waals surface area contributed by atoms with Gasteiger partial charge in [0.05, 0.1) is 25.9 Å². The zero-order valence-corrected chi connectivity index (χ0v) is 13.2. The zero-order valence-electron chi connectivity index (χ0n) is 12.4. The van der Waals surface area contributed by atoms with Crippen LogP contribution in [0.5, 0.6) is 5.75 Å². The lowest BCUT2D eigenvalue weighted by Crippen LogP contribution is -2.53. The maximum atomic E-state index is 12.5. The van der Waals surface area contributed by atoms with E-state index in [1.165, 1.54) is 19.2 Å². The van der Waals surface area contributed by atoms with Crippen molar-refractivity contribution >= 4 is 15.7 Å². The summed E-state index contributed by atoms with van der Waals surface area (Å²) in [6.07, 6.45) is 0.225. The minimum atomic E-state index is -4.01. The summed E-state index contributed by atoms with van der Waals surface area (Å²) in [5.41, 5.74) is 5.43. The Labute approximate surface area is 124 Å². The van der Waals surface area contributed by atoms with Gasteiger partial charge in [0.25, 0.3) is 0 Å². The van der Waals surface area contributed by atoms with Crippen molar-refractivity contribution in [1.29, 1.82) is 0 Å². The molecule has 0 atom stereocenters. The van der Waals surface area contributed by atoms with Crippen molar-refractivity contribution < 1.29 is 23.4 Å². The SMILES string of the molecule is CCC(CO)(CO)NS(=O)(=O)c1cc(N)c(C)cc1OC. The number of nitrogens with one attached hydrogen (secondary N) is 1. The van der Waals surface area contributed by atoms with Crippen molar-refractivity contribution in [1.82, 2.24) is 4.72 Å². The number of anilines is 1. The molecule has 7 nitrogen and oxygen atoms in total. The van der Waals surface area contributed by atoms with Crippen molar-refractivity contribution in [2.45, 2.75) is 30.7 Å². The van der Waals surface area contributed by atoms with Crippen LogP contribution in [0.15, 0.2) is 17.0 Å². The van der Waals surface area contributed by atoms with Gasteiger partial charge in [0.15, 0.2) is 0 Å². The number of methoxy groups -OCH3 is 1. The van der Waals surface area contributed by atoms with Crippen LogP contribution in [0.1, 0.15) is 18.9 Å². The molecule has 5 N–H and O–H groups in total. The normalized spacial score (nSPS) is 12.4. The van der Waals surface area contributed by atoms with Gasteiger partial charge in [-0.15, -0.1) is 0 Å². The smallest absolute Gasteiger partial charge is 0.244 e. The summed E-state index contributed by atoms with van der Waals surface area (Å²) in [5, 5.41) is 18.7. The number of hydrogen-bond donors (Lipinski definition) is 4. The van der Waals surface area contributed by atoms with E-state index in [0.29, 0.717) is 11.3 Å². The number of aryl methyl sites for hydroxylation is 1. The Bertz CT molecular complexity index is 589. The number of benzene rings is 1. The standard InChI is InChI=1S/C13H22N2O5S/c1-4-13(7-16,8-17)15-21(18,19)12-6-10(14)9(2)5-11(12)20-3/h5-6,15-17H,4,7-8,14H2,1-3H3. The van der Waals surface area contributed by atoms with Gasteiger partial charge in [-0.3, -0.25) is 0 Å². The lowest BCUT2D eigenvalue weighted by Gasteiger charge is -2.29. The van der Waals surface area contributed by atoms with E-state index >= 15 is 0 Å². The second kappa shape index (κ2) is 6.61. The molecule has 0 aromatic heterocycles. The van der Waals surface area contributed by atoms with Crippen molar-refractivity contribution in [3.05, 3.63) is 17.7 Å². The molecule has 0 aliphatic rings. The predicted octanol–water partition coefficient (Wildman–Crippen LogP) is -0.00248. The monoisotopic (exact) mass is 318 g/mol. The van der Waals surface area contributed by atoms with Crippen LogP contribution in [0.2, 0.25) is 0 Å². The van der Waals surface area contributed by atoms with E-state index in [1.807, 2.05) is 0 Å². The lowest BCUT2D eigenvalue weighted by atomic mass is 10.0. The van der Waals surface area contributed by atoms with Gasteiger partial charge < -0.3 is 20.7 Å². The second-order valence-electron chi connectivity index (χ2n) is 4.92. The third kappa shape index (κ3) is 3.65. The number of aliphatic hydroxyl groups is 2. The molecule has 1 rings (SSSR count). The minimum absolute atomic E-state index is 0.132. The Morgan fingerprint density at radius 1 is 1.33 bits per heavy atom. The number of nitrogens with two attached hydrogens (primary N) is 1. The van der Waals surface area contributed by atoms with Gasteiger partial charge in [0.2, 0.25) is 10.0 Å². The molecule has 0 amide bonds. The Hall–Kier alpha value is -1.35. The molecule has 0 radical (unpaired) electrons. The Morgan fingerprint density at radius 3 is 2.33 bits per heavy atom. The fourth-order valence-electron chi connectivity index (χ4n) is 1.80. The summed E-state index contributed by atoms with van der Waals surface area (Å²) in [6, 6.07) is 2.82. The van der Waals surface area contributed by atoms with Crippen LogP contribution in [0.4, 0.5) is 5.69 Å². The van der Waals surface area contributed by atoms with E-state index < -0.39 is 28.8 Å². The van der Waals surface area contributed by atoms with Gasteiger partial charge in [0.1, 0.15) is 10.6 Å². The largest absolute Gasteiger partial charge is 0.495 e. The number of hydrogen-bond acceptors (Lipinski definition) is 6. The highest BCUT2D eigenvalue weighted by molar-refractivity contribution is 7.89. The van der Waals surface area contributed by atoms with Crippen LogP contribution in [0.25, 0.3) is 0 Å². The Balaban J connectivity index is 3.34. The molecule has 120 valence electrons. The maximum absolute atomic E-state index is 12.5. The van der Waals surface area contributed by atoms with Crippen LogP contribution >= 0.6 is 0 Å². The fraction of sp³-hybridized carbons (Fsp3) is 0.538. The third-order valence-electron chi connectivity index (χ3n) is 3.47. The molecule has 0 saturated heterocycles. The predicted molar refractivity (Wildman–Crippen MR) is 79.7 cm³/mol. The summed E-state index contributed by atoms with van der Waals surface area (Å²) in [6.45, 7) is 2.35. The summed E-state index contributed by atoms with van der Waals surface area (Å²) in [5.74, 6) is 0.148. The van der Waals surface area contributed by atoms with E-state index in [2.05, 4.69) is 4.72 Å². The van der Waals surface area contributed by atoms with Gasteiger partial charge in [-0.2, -0.15) is 0 Å². The maximum Gasteiger partial charge on any atom is 0.244 e. The van der Waals surface area contributed by atoms with Crippen molar-refractivity contribution in [3.8, 4) is 5.75 Å². The third-order valence-corrected chi connectivity index (χ3v) is 5.07. The molecule has 0 aliphatic heterocycles. The van der Waals surface area contributed by atoms with Gasteiger partial charge in [-0.05, 0) is 31.0 Å². The molecule has 0 unspecified atom stereocenters. The summed E-state index contributed by atoms with van der Waals surface area (Å²) in [4.78, 5) is -0.132. The van der Waals surface area contributed by atoms with Crippen LogP contribution in [0, 0.1) is 6.92 Å². The topological polar surface area (TPSA) is 122 Å².